The fourth-order valence-electron chi connectivity index (χ4n) is 5.17. The van der Waals surface area contributed by atoms with Crippen molar-refractivity contribution in [1.82, 2.24) is 10.2 Å². The number of alkyl carbamates (subject to hydrolysis) is 1. The molecule has 2 aromatic carbocycles. The second kappa shape index (κ2) is 8.23. The van der Waals surface area contributed by atoms with Crippen molar-refractivity contribution in [2.75, 3.05) is 26.2 Å². The Morgan fingerprint density at radius 1 is 1.25 bits per heavy atom. The molecule has 2 atom stereocenters. The number of ether oxygens (including phenoxy) is 2. The second-order valence-electron chi connectivity index (χ2n) is 9.79. The van der Waals surface area contributed by atoms with Crippen molar-refractivity contribution >= 4 is 17.7 Å². The molecule has 1 unspecified atom stereocenters. The first-order valence-corrected chi connectivity index (χ1v) is 11.6. The van der Waals surface area contributed by atoms with E-state index in [1.165, 1.54) is 6.07 Å². The molecule has 3 fully saturated rings. The Morgan fingerprint density at radius 2 is 2.03 bits per heavy atom. The molecule has 0 saturated carbocycles. The van der Waals surface area contributed by atoms with Gasteiger partial charge in [0, 0.05) is 23.1 Å². The van der Waals surface area contributed by atoms with E-state index < -0.39 is 5.82 Å². The Balaban J connectivity index is 1.37. The number of hydrogen-bond donors (Lipinski definition) is 1. The van der Waals surface area contributed by atoms with Crippen LogP contribution in [0.4, 0.5) is 9.18 Å². The van der Waals surface area contributed by atoms with Crippen LogP contribution in [0.5, 0.6) is 5.75 Å². The van der Waals surface area contributed by atoms with E-state index >= 15 is 0 Å². The first-order chi connectivity index (χ1) is 15.3. The zero-order chi connectivity index (χ0) is 22.5. The number of amides is 1. The van der Waals surface area contributed by atoms with E-state index in [0.717, 1.165) is 43.6 Å². The van der Waals surface area contributed by atoms with Gasteiger partial charge in [-0.1, -0.05) is 49.7 Å². The summed E-state index contributed by atoms with van der Waals surface area (Å²) < 4.78 is 25.8. The Labute approximate surface area is 192 Å². The summed E-state index contributed by atoms with van der Waals surface area (Å²) in [5, 5.41) is 3.19. The third kappa shape index (κ3) is 3.95. The highest BCUT2D eigenvalue weighted by atomic mass is 35.5. The van der Waals surface area contributed by atoms with Crippen molar-refractivity contribution in [3.63, 3.8) is 0 Å². The Kier molecular flexibility index (Phi) is 5.54. The lowest BCUT2D eigenvalue weighted by Crippen LogP contribution is -2.53. The predicted molar refractivity (Wildman–Crippen MR) is 121 cm³/mol. The van der Waals surface area contributed by atoms with E-state index in [1.807, 2.05) is 18.2 Å². The van der Waals surface area contributed by atoms with Gasteiger partial charge in [0.2, 0.25) is 0 Å². The number of halogens is 2. The molecule has 2 bridgehead atoms. The summed E-state index contributed by atoms with van der Waals surface area (Å²) in [6, 6.07) is 10.2. The minimum absolute atomic E-state index is 0.0441. The topological polar surface area (TPSA) is 50.8 Å². The number of fused-ring (bicyclic) bond motifs is 4. The maximum Gasteiger partial charge on any atom is 0.407 e. The molecular formula is C25H28ClFN2O3. The molecule has 0 radical (unpaired) electrons. The summed E-state index contributed by atoms with van der Waals surface area (Å²) in [6.07, 6.45) is 1.76. The molecule has 5 nitrogen and oxygen atoms in total. The van der Waals surface area contributed by atoms with Crippen LogP contribution in [0.1, 0.15) is 38.3 Å². The smallest absolute Gasteiger partial charge is 0.407 e. The molecule has 4 heterocycles. The van der Waals surface area contributed by atoms with Crippen molar-refractivity contribution in [2.24, 2.45) is 11.3 Å². The first-order valence-electron chi connectivity index (χ1n) is 11.2. The Hall–Kier alpha value is -2.31. The molecular weight excluding hydrogens is 431 g/mol. The zero-order valence-electron chi connectivity index (χ0n) is 18.4. The molecule has 4 aliphatic rings. The molecule has 0 aromatic heterocycles. The molecule has 7 heteroatoms. The standard InChI is InChI=1S/C25H28ClFN2O3/c1-25(2)14-31-20-12-16(17-4-3-5-19(27)22(17)26)6-7-18(20)23(25)28-24(30)32-21-13-29-10-8-15(21)9-11-29/h3-7,12,15,21,23H,8-11,13-14H2,1-2H3,(H,28,30)/t21-,23?/m0/s1. The average molecular weight is 459 g/mol. The number of piperidine rings is 3. The Morgan fingerprint density at radius 3 is 2.75 bits per heavy atom. The van der Waals surface area contributed by atoms with Crippen LogP contribution in [0.3, 0.4) is 0 Å². The van der Waals surface area contributed by atoms with E-state index in [0.29, 0.717) is 23.8 Å². The van der Waals surface area contributed by atoms with Gasteiger partial charge in [-0.3, -0.25) is 4.90 Å². The normalized spacial score (nSPS) is 27.9. The highest BCUT2D eigenvalue weighted by molar-refractivity contribution is 6.33. The van der Waals surface area contributed by atoms with E-state index in [1.54, 1.807) is 12.1 Å². The van der Waals surface area contributed by atoms with Crippen LogP contribution < -0.4 is 10.1 Å². The number of hydrogen-bond acceptors (Lipinski definition) is 4. The van der Waals surface area contributed by atoms with Gasteiger partial charge in [-0.15, -0.1) is 0 Å². The lowest BCUT2D eigenvalue weighted by atomic mass is 9.78. The molecule has 2 aromatic rings. The van der Waals surface area contributed by atoms with Crippen LogP contribution in [-0.4, -0.2) is 43.3 Å². The molecule has 6 rings (SSSR count). The van der Waals surface area contributed by atoms with Gasteiger partial charge < -0.3 is 14.8 Å². The summed E-state index contributed by atoms with van der Waals surface area (Å²) in [4.78, 5) is 15.2. The summed E-state index contributed by atoms with van der Waals surface area (Å²) in [5.74, 6) is 0.661. The van der Waals surface area contributed by atoms with Crippen molar-refractivity contribution in [3.8, 4) is 16.9 Å². The van der Waals surface area contributed by atoms with Crippen molar-refractivity contribution in [1.29, 1.82) is 0 Å². The van der Waals surface area contributed by atoms with Crippen LogP contribution in [0.25, 0.3) is 11.1 Å². The third-order valence-corrected chi connectivity index (χ3v) is 7.47. The van der Waals surface area contributed by atoms with E-state index in [4.69, 9.17) is 21.1 Å². The van der Waals surface area contributed by atoms with Gasteiger partial charge in [0.05, 0.1) is 17.7 Å². The average Bonchev–Trinajstić information content (AvgIpc) is 2.78. The van der Waals surface area contributed by atoms with Crippen LogP contribution in [0.2, 0.25) is 5.02 Å². The number of carbonyl (C=O) groups is 1. The van der Waals surface area contributed by atoms with Gasteiger partial charge >= 0.3 is 6.09 Å². The maximum absolute atomic E-state index is 13.9. The fourth-order valence-corrected chi connectivity index (χ4v) is 5.40. The molecule has 4 aliphatic heterocycles. The van der Waals surface area contributed by atoms with Crippen LogP contribution >= 0.6 is 11.6 Å². The van der Waals surface area contributed by atoms with Gasteiger partial charge in [-0.25, -0.2) is 9.18 Å². The minimum atomic E-state index is -0.459. The van der Waals surface area contributed by atoms with Gasteiger partial charge in [0.15, 0.2) is 0 Å². The number of rotatable bonds is 3. The van der Waals surface area contributed by atoms with Gasteiger partial charge in [-0.05, 0) is 49.5 Å². The first kappa shape index (κ1) is 21.5. The molecule has 32 heavy (non-hydrogen) atoms. The van der Waals surface area contributed by atoms with E-state index in [-0.39, 0.29) is 28.7 Å². The van der Waals surface area contributed by atoms with Gasteiger partial charge in [0.25, 0.3) is 0 Å². The van der Waals surface area contributed by atoms with Gasteiger partial charge in [-0.2, -0.15) is 0 Å². The summed E-state index contributed by atoms with van der Waals surface area (Å²) in [7, 11) is 0. The molecule has 1 amide bonds. The van der Waals surface area contributed by atoms with E-state index in [2.05, 4.69) is 24.1 Å². The van der Waals surface area contributed by atoms with Crippen molar-refractivity contribution in [3.05, 3.63) is 52.8 Å². The highest BCUT2D eigenvalue weighted by Gasteiger charge is 2.41. The third-order valence-electron chi connectivity index (χ3n) is 7.09. The van der Waals surface area contributed by atoms with Crippen LogP contribution in [0.15, 0.2) is 36.4 Å². The van der Waals surface area contributed by atoms with Crippen molar-refractivity contribution in [2.45, 2.75) is 38.8 Å². The molecule has 0 spiro atoms. The number of benzene rings is 2. The number of nitrogens with one attached hydrogen (secondary N) is 1. The minimum Gasteiger partial charge on any atom is -0.493 e. The van der Waals surface area contributed by atoms with Crippen LogP contribution in [-0.2, 0) is 4.74 Å². The van der Waals surface area contributed by atoms with E-state index in [9.17, 15) is 9.18 Å². The lowest BCUT2D eigenvalue weighted by molar-refractivity contribution is -0.0361. The quantitative estimate of drug-likeness (QED) is 0.666. The second-order valence-corrected chi connectivity index (χ2v) is 10.2. The molecule has 170 valence electrons. The Bertz CT molecular complexity index is 1040. The lowest BCUT2D eigenvalue weighted by Gasteiger charge is -2.44. The maximum atomic E-state index is 13.9. The number of nitrogens with zero attached hydrogens (tertiary/aromatic N) is 1. The summed E-state index contributed by atoms with van der Waals surface area (Å²) in [6.45, 7) is 7.59. The molecule has 0 aliphatic carbocycles. The van der Waals surface area contributed by atoms with Crippen LogP contribution in [0, 0.1) is 17.2 Å². The zero-order valence-corrected chi connectivity index (χ0v) is 19.1. The number of carbonyl (C=O) groups excluding carboxylic acids is 1. The molecule has 3 saturated heterocycles. The predicted octanol–water partition coefficient (Wildman–Crippen LogP) is 5.43. The molecule has 1 N–H and O–H groups in total. The summed E-state index contributed by atoms with van der Waals surface area (Å²) >= 11 is 6.18. The summed E-state index contributed by atoms with van der Waals surface area (Å²) in [5.41, 5.74) is 1.93. The highest BCUT2D eigenvalue weighted by Crippen LogP contribution is 2.45. The monoisotopic (exact) mass is 458 g/mol. The van der Waals surface area contributed by atoms with Gasteiger partial charge in [0.1, 0.15) is 17.7 Å². The largest absolute Gasteiger partial charge is 0.493 e. The van der Waals surface area contributed by atoms with Crippen molar-refractivity contribution < 1.29 is 18.7 Å². The fraction of sp³-hybridized carbons (Fsp3) is 0.480. The SMILES string of the molecule is CC1(C)COc2cc(-c3cccc(F)c3Cl)ccc2C1NC(=O)O[C@H]1CN2CCC1CC2.